The van der Waals surface area contributed by atoms with E-state index >= 15 is 0 Å². The SMILES string of the molecule is CCCC(C)(N)C(=O)CC1Cc2ccccc21. The van der Waals surface area contributed by atoms with E-state index in [1.54, 1.807) is 0 Å². The van der Waals surface area contributed by atoms with Gasteiger partial charge >= 0.3 is 0 Å². The largest absolute Gasteiger partial charge is 0.319 e. The highest BCUT2D eigenvalue weighted by atomic mass is 16.1. The lowest BCUT2D eigenvalue weighted by atomic mass is 9.73. The molecule has 0 bridgehead atoms. The third-order valence-electron chi connectivity index (χ3n) is 3.80. The molecule has 2 N–H and O–H groups in total. The zero-order valence-corrected chi connectivity index (χ0v) is 10.7. The first-order valence-electron chi connectivity index (χ1n) is 6.44. The van der Waals surface area contributed by atoms with Gasteiger partial charge in [0.15, 0.2) is 5.78 Å². The summed E-state index contributed by atoms with van der Waals surface area (Å²) in [6.45, 7) is 3.93. The number of benzene rings is 1. The van der Waals surface area contributed by atoms with Crippen LogP contribution in [0.4, 0.5) is 0 Å². The summed E-state index contributed by atoms with van der Waals surface area (Å²) in [6, 6.07) is 8.37. The van der Waals surface area contributed by atoms with E-state index in [1.165, 1.54) is 11.1 Å². The van der Waals surface area contributed by atoms with Crippen molar-refractivity contribution in [1.82, 2.24) is 0 Å². The summed E-state index contributed by atoms with van der Waals surface area (Å²) in [5.74, 6) is 0.609. The number of Topliss-reactive ketones (excluding diaryl/α,β-unsaturated/α-hetero) is 1. The van der Waals surface area contributed by atoms with Gasteiger partial charge in [-0.25, -0.2) is 0 Å². The van der Waals surface area contributed by atoms with Gasteiger partial charge in [0.25, 0.3) is 0 Å². The Morgan fingerprint density at radius 2 is 2.18 bits per heavy atom. The first kappa shape index (κ1) is 12.3. The summed E-state index contributed by atoms with van der Waals surface area (Å²) in [6.07, 6.45) is 3.37. The molecule has 2 heteroatoms. The number of rotatable bonds is 5. The molecule has 0 aliphatic heterocycles. The molecule has 0 fully saturated rings. The van der Waals surface area contributed by atoms with Crippen molar-refractivity contribution in [3.63, 3.8) is 0 Å². The van der Waals surface area contributed by atoms with Crippen molar-refractivity contribution >= 4 is 5.78 Å². The fourth-order valence-electron chi connectivity index (χ4n) is 2.66. The highest BCUT2D eigenvalue weighted by Gasteiger charge is 2.33. The molecule has 1 aromatic rings. The van der Waals surface area contributed by atoms with E-state index in [0.29, 0.717) is 12.3 Å². The molecule has 0 amide bonds. The van der Waals surface area contributed by atoms with Gasteiger partial charge in [-0.1, -0.05) is 37.6 Å². The van der Waals surface area contributed by atoms with Gasteiger partial charge in [0, 0.05) is 6.42 Å². The lowest BCUT2D eigenvalue weighted by Gasteiger charge is -2.32. The van der Waals surface area contributed by atoms with Gasteiger partial charge in [-0.2, -0.15) is 0 Å². The predicted octanol–water partition coefficient (Wildman–Crippen LogP) is 2.80. The Balaban J connectivity index is 1.99. The molecule has 0 heterocycles. The maximum Gasteiger partial charge on any atom is 0.152 e. The van der Waals surface area contributed by atoms with Crippen molar-refractivity contribution in [2.75, 3.05) is 0 Å². The summed E-state index contributed by atoms with van der Waals surface area (Å²) >= 11 is 0. The smallest absolute Gasteiger partial charge is 0.152 e. The third-order valence-corrected chi connectivity index (χ3v) is 3.80. The van der Waals surface area contributed by atoms with Crippen LogP contribution in [0, 0.1) is 0 Å². The van der Waals surface area contributed by atoms with Crippen molar-refractivity contribution in [3.05, 3.63) is 35.4 Å². The summed E-state index contributed by atoms with van der Waals surface area (Å²) in [5.41, 5.74) is 8.16. The average molecular weight is 231 g/mol. The standard InChI is InChI=1S/C15H21NO/c1-3-8-15(2,16)14(17)10-12-9-11-6-4-5-7-13(11)12/h4-7,12H,3,8-10,16H2,1-2H3. The topological polar surface area (TPSA) is 43.1 Å². The molecule has 1 aliphatic carbocycles. The lowest BCUT2D eigenvalue weighted by Crippen LogP contribution is -2.45. The zero-order chi connectivity index (χ0) is 12.5. The molecule has 0 spiro atoms. The molecule has 17 heavy (non-hydrogen) atoms. The van der Waals surface area contributed by atoms with Crippen LogP contribution in [0.25, 0.3) is 0 Å². The minimum atomic E-state index is -0.640. The second kappa shape index (κ2) is 4.61. The van der Waals surface area contributed by atoms with Crippen LogP contribution in [-0.4, -0.2) is 11.3 Å². The quantitative estimate of drug-likeness (QED) is 0.846. The number of hydrogen-bond donors (Lipinski definition) is 1. The highest BCUT2D eigenvalue weighted by molar-refractivity contribution is 5.88. The van der Waals surface area contributed by atoms with Crippen LogP contribution in [0.15, 0.2) is 24.3 Å². The van der Waals surface area contributed by atoms with Crippen LogP contribution in [0.2, 0.25) is 0 Å². The first-order valence-corrected chi connectivity index (χ1v) is 6.44. The van der Waals surface area contributed by atoms with Crippen LogP contribution in [0.3, 0.4) is 0 Å². The summed E-state index contributed by atoms with van der Waals surface area (Å²) in [7, 11) is 0. The number of nitrogens with two attached hydrogens (primary N) is 1. The van der Waals surface area contributed by atoms with Gasteiger partial charge in [-0.15, -0.1) is 0 Å². The number of ketones is 1. The Kier molecular flexibility index (Phi) is 3.34. The van der Waals surface area contributed by atoms with Crippen molar-refractivity contribution in [2.45, 2.75) is 51.0 Å². The van der Waals surface area contributed by atoms with Crippen molar-refractivity contribution in [2.24, 2.45) is 5.73 Å². The van der Waals surface area contributed by atoms with E-state index < -0.39 is 5.54 Å². The minimum Gasteiger partial charge on any atom is -0.319 e. The van der Waals surface area contributed by atoms with Gasteiger partial charge in [0.2, 0.25) is 0 Å². The predicted molar refractivity (Wildman–Crippen MR) is 70.0 cm³/mol. The number of carbonyl (C=O) groups is 1. The van der Waals surface area contributed by atoms with Gasteiger partial charge in [-0.3, -0.25) is 4.79 Å². The third kappa shape index (κ3) is 2.42. The molecular formula is C15H21NO. The molecule has 1 aliphatic rings. The number of hydrogen-bond acceptors (Lipinski definition) is 2. The molecule has 2 atom stereocenters. The maximum atomic E-state index is 12.1. The molecule has 2 nitrogen and oxygen atoms in total. The molecule has 0 saturated carbocycles. The van der Waals surface area contributed by atoms with Crippen molar-refractivity contribution < 1.29 is 4.79 Å². The van der Waals surface area contributed by atoms with E-state index in [9.17, 15) is 4.79 Å². The van der Waals surface area contributed by atoms with Crippen LogP contribution < -0.4 is 5.73 Å². The summed E-state index contributed by atoms with van der Waals surface area (Å²) < 4.78 is 0. The molecule has 1 aromatic carbocycles. The Labute approximate surface area is 103 Å². The van der Waals surface area contributed by atoms with E-state index in [1.807, 2.05) is 13.0 Å². The van der Waals surface area contributed by atoms with Gasteiger partial charge in [0.05, 0.1) is 5.54 Å². The van der Waals surface area contributed by atoms with Crippen LogP contribution >= 0.6 is 0 Å². The molecule has 2 rings (SSSR count). The van der Waals surface area contributed by atoms with E-state index in [4.69, 9.17) is 5.73 Å². The van der Waals surface area contributed by atoms with Crippen LogP contribution in [0.1, 0.15) is 50.2 Å². The van der Waals surface area contributed by atoms with E-state index in [2.05, 4.69) is 25.1 Å². The fourth-order valence-corrected chi connectivity index (χ4v) is 2.66. The molecule has 0 aromatic heterocycles. The van der Waals surface area contributed by atoms with Crippen LogP contribution in [0.5, 0.6) is 0 Å². The summed E-state index contributed by atoms with van der Waals surface area (Å²) in [4.78, 5) is 12.1. The maximum absolute atomic E-state index is 12.1. The number of carbonyl (C=O) groups excluding carboxylic acids is 1. The van der Waals surface area contributed by atoms with Gasteiger partial charge < -0.3 is 5.73 Å². The second-order valence-electron chi connectivity index (χ2n) is 5.39. The van der Waals surface area contributed by atoms with E-state index in [0.717, 1.165) is 19.3 Å². The lowest BCUT2D eigenvalue weighted by molar-refractivity contribution is -0.124. The Morgan fingerprint density at radius 3 is 2.82 bits per heavy atom. The zero-order valence-electron chi connectivity index (χ0n) is 10.7. The molecule has 2 unspecified atom stereocenters. The first-order chi connectivity index (χ1) is 8.04. The Morgan fingerprint density at radius 1 is 1.47 bits per heavy atom. The van der Waals surface area contributed by atoms with E-state index in [-0.39, 0.29) is 5.78 Å². The minimum absolute atomic E-state index is 0.207. The van der Waals surface area contributed by atoms with Crippen molar-refractivity contribution in [1.29, 1.82) is 0 Å². The normalized spacial score (nSPS) is 21.2. The average Bonchev–Trinajstić information content (AvgIpc) is 2.25. The Bertz CT molecular complexity index is 423. The molecule has 0 saturated heterocycles. The molecule has 92 valence electrons. The summed E-state index contributed by atoms with van der Waals surface area (Å²) in [5, 5.41) is 0. The van der Waals surface area contributed by atoms with Crippen molar-refractivity contribution in [3.8, 4) is 0 Å². The molecular weight excluding hydrogens is 210 g/mol. The monoisotopic (exact) mass is 231 g/mol. The fraction of sp³-hybridized carbons (Fsp3) is 0.533. The second-order valence-corrected chi connectivity index (χ2v) is 5.39. The highest BCUT2D eigenvalue weighted by Crippen LogP contribution is 2.38. The van der Waals surface area contributed by atoms with Gasteiger partial charge in [0.1, 0.15) is 0 Å². The van der Waals surface area contributed by atoms with Crippen LogP contribution in [-0.2, 0) is 11.2 Å². The number of fused-ring (bicyclic) bond motifs is 1. The van der Waals surface area contributed by atoms with Gasteiger partial charge in [-0.05, 0) is 36.8 Å². The Hall–Kier alpha value is -1.15. The molecule has 0 radical (unpaired) electrons.